The Labute approximate surface area is 164 Å². The number of carbonyl (C=O) groups excluding carboxylic acids is 1. The maximum absolute atomic E-state index is 12.6. The van der Waals surface area contributed by atoms with Gasteiger partial charge in [0.2, 0.25) is 0 Å². The Morgan fingerprint density at radius 3 is 2.46 bits per heavy atom. The van der Waals surface area contributed by atoms with Gasteiger partial charge >= 0.3 is 6.18 Å². The number of nitrogens with zero attached hydrogens (tertiary/aromatic N) is 3. The average Bonchev–Trinajstić information content (AvgIpc) is 3.02. The van der Waals surface area contributed by atoms with Crippen molar-refractivity contribution in [2.75, 3.05) is 26.0 Å². The zero-order valence-corrected chi connectivity index (χ0v) is 16.6. The van der Waals surface area contributed by atoms with Crippen LogP contribution in [0.3, 0.4) is 0 Å². The number of carbonyl (C=O) groups is 1. The molecule has 1 aromatic carbocycles. The van der Waals surface area contributed by atoms with E-state index in [4.69, 9.17) is 0 Å². The lowest BCUT2D eigenvalue weighted by molar-refractivity contribution is -0.137. The van der Waals surface area contributed by atoms with Gasteiger partial charge in [-0.3, -0.25) is 10.1 Å². The van der Waals surface area contributed by atoms with E-state index in [0.29, 0.717) is 12.1 Å². The van der Waals surface area contributed by atoms with Crippen molar-refractivity contribution < 1.29 is 26.4 Å². The molecule has 7 nitrogen and oxygen atoms in total. The van der Waals surface area contributed by atoms with Crippen LogP contribution in [0.4, 0.5) is 18.3 Å². The van der Waals surface area contributed by atoms with E-state index in [1.807, 2.05) is 0 Å². The van der Waals surface area contributed by atoms with Gasteiger partial charge in [-0.15, -0.1) is 11.3 Å². The second-order valence-corrected chi connectivity index (χ2v) is 9.52. The maximum Gasteiger partial charge on any atom is 0.416 e. The molecule has 0 fully saturated rings. The highest BCUT2D eigenvalue weighted by atomic mass is 32.2. The number of benzene rings is 1. The molecule has 28 heavy (non-hydrogen) atoms. The van der Waals surface area contributed by atoms with Gasteiger partial charge in [-0.05, 0) is 24.3 Å². The average molecular weight is 434 g/mol. The number of hydrogen-bond acceptors (Lipinski definition) is 5. The monoisotopic (exact) mass is 434 g/mol. The quantitative estimate of drug-likeness (QED) is 0.802. The van der Waals surface area contributed by atoms with Crippen LogP contribution in [-0.4, -0.2) is 48.6 Å². The highest BCUT2D eigenvalue weighted by Crippen LogP contribution is 2.31. The fourth-order valence-corrected chi connectivity index (χ4v) is 4.81. The van der Waals surface area contributed by atoms with Gasteiger partial charge in [-0.1, -0.05) is 0 Å². The van der Waals surface area contributed by atoms with E-state index in [-0.39, 0.29) is 23.8 Å². The highest BCUT2D eigenvalue weighted by molar-refractivity contribution is 7.86. The topological polar surface area (TPSA) is 82.6 Å². The summed E-state index contributed by atoms with van der Waals surface area (Å²) in [4.78, 5) is 17.3. The van der Waals surface area contributed by atoms with Gasteiger partial charge in [0.25, 0.3) is 16.1 Å². The second-order valence-electron chi connectivity index (χ2n) is 6.29. The molecule has 12 heteroatoms. The van der Waals surface area contributed by atoms with E-state index < -0.39 is 27.9 Å². The predicted octanol–water partition coefficient (Wildman–Crippen LogP) is 2.58. The molecule has 1 aliphatic heterocycles. The number of alkyl halides is 3. The summed E-state index contributed by atoms with van der Waals surface area (Å²) >= 11 is 1.15. The first kappa shape index (κ1) is 20.7. The van der Waals surface area contributed by atoms with Crippen molar-refractivity contribution >= 4 is 32.6 Å². The Morgan fingerprint density at radius 1 is 1.25 bits per heavy atom. The van der Waals surface area contributed by atoms with Crippen molar-refractivity contribution in [3.63, 3.8) is 0 Å². The summed E-state index contributed by atoms with van der Waals surface area (Å²) < 4.78 is 64.8. The van der Waals surface area contributed by atoms with Crippen LogP contribution in [0.15, 0.2) is 24.3 Å². The minimum atomic E-state index is -4.47. The third-order valence-corrected chi connectivity index (χ3v) is 7.06. The number of amides is 1. The predicted molar refractivity (Wildman–Crippen MR) is 98.2 cm³/mol. The van der Waals surface area contributed by atoms with Crippen LogP contribution in [0, 0.1) is 0 Å². The lowest BCUT2D eigenvalue weighted by atomic mass is 10.1. The van der Waals surface area contributed by atoms with Crippen LogP contribution in [0.25, 0.3) is 0 Å². The molecule has 0 atom stereocenters. The number of nitrogens with one attached hydrogen (secondary N) is 1. The standard InChI is InChI=1S/C16H17F3N4O3S2/c1-22(2)28(25,26)23-8-7-12-13(9-23)27-15(20-12)21-14(24)10-3-5-11(6-4-10)16(17,18)19/h3-6H,7-9H2,1-2H3,(H,20,21,24). The number of rotatable bonds is 4. The zero-order valence-electron chi connectivity index (χ0n) is 14.9. The Bertz CT molecular complexity index is 986. The van der Waals surface area contributed by atoms with Crippen molar-refractivity contribution in [2.24, 2.45) is 0 Å². The van der Waals surface area contributed by atoms with E-state index in [1.165, 1.54) is 18.4 Å². The largest absolute Gasteiger partial charge is 0.416 e. The molecule has 0 unspecified atom stereocenters. The van der Waals surface area contributed by atoms with Crippen LogP contribution in [0.1, 0.15) is 26.5 Å². The van der Waals surface area contributed by atoms with Crippen LogP contribution < -0.4 is 5.32 Å². The molecule has 2 heterocycles. The molecule has 0 saturated heterocycles. The van der Waals surface area contributed by atoms with Crippen molar-refractivity contribution in [3.05, 3.63) is 46.0 Å². The van der Waals surface area contributed by atoms with Gasteiger partial charge in [0.15, 0.2) is 5.13 Å². The molecular formula is C16H17F3N4O3S2. The molecule has 0 radical (unpaired) electrons. The summed E-state index contributed by atoms with van der Waals surface area (Å²) in [6.07, 6.45) is -4.06. The lowest BCUT2D eigenvalue weighted by Gasteiger charge is -2.27. The molecule has 1 aromatic heterocycles. The summed E-state index contributed by atoms with van der Waals surface area (Å²) in [5.74, 6) is -0.586. The van der Waals surface area contributed by atoms with Crippen LogP contribution in [0.5, 0.6) is 0 Å². The number of halogens is 3. The fourth-order valence-electron chi connectivity index (χ4n) is 2.63. The zero-order chi connectivity index (χ0) is 20.7. The summed E-state index contributed by atoms with van der Waals surface area (Å²) in [5.41, 5.74) is -0.0631. The van der Waals surface area contributed by atoms with Crippen molar-refractivity contribution in [1.82, 2.24) is 13.6 Å². The lowest BCUT2D eigenvalue weighted by Crippen LogP contribution is -2.42. The SMILES string of the molecule is CN(C)S(=O)(=O)N1CCc2nc(NC(=O)c3ccc(C(F)(F)F)cc3)sc2C1. The third kappa shape index (κ3) is 4.19. The Balaban J connectivity index is 1.72. The van der Waals surface area contributed by atoms with Gasteiger partial charge in [-0.2, -0.15) is 30.2 Å². The third-order valence-electron chi connectivity index (χ3n) is 4.18. The normalized spacial score (nSPS) is 15.5. The summed E-state index contributed by atoms with van der Waals surface area (Å²) in [6, 6.07) is 3.87. The van der Waals surface area contributed by atoms with Crippen LogP contribution in [0.2, 0.25) is 0 Å². The van der Waals surface area contributed by atoms with E-state index in [1.54, 1.807) is 0 Å². The molecule has 0 spiro atoms. The summed E-state index contributed by atoms with van der Waals surface area (Å²) in [7, 11) is -0.646. The number of anilines is 1. The number of aromatic nitrogens is 1. The maximum atomic E-state index is 12.6. The molecule has 3 rings (SSSR count). The molecular weight excluding hydrogens is 417 g/mol. The Morgan fingerprint density at radius 2 is 1.89 bits per heavy atom. The molecule has 1 aliphatic rings. The van der Waals surface area contributed by atoms with Crippen LogP contribution in [-0.2, 0) is 29.4 Å². The molecule has 1 N–H and O–H groups in total. The summed E-state index contributed by atoms with van der Waals surface area (Å²) in [6.45, 7) is 0.438. The first-order valence-corrected chi connectivity index (χ1v) is 10.3. The van der Waals surface area contributed by atoms with Gasteiger partial charge in [0, 0.05) is 37.5 Å². The Kier molecular flexibility index (Phi) is 5.49. The molecule has 152 valence electrons. The fraction of sp³-hybridized carbons (Fsp3) is 0.375. The van der Waals surface area contributed by atoms with E-state index >= 15 is 0 Å². The van der Waals surface area contributed by atoms with E-state index in [0.717, 1.165) is 44.8 Å². The smallest absolute Gasteiger partial charge is 0.298 e. The van der Waals surface area contributed by atoms with Crippen molar-refractivity contribution in [2.45, 2.75) is 19.1 Å². The van der Waals surface area contributed by atoms with Gasteiger partial charge in [-0.25, -0.2) is 4.98 Å². The van der Waals surface area contributed by atoms with Gasteiger partial charge < -0.3 is 0 Å². The van der Waals surface area contributed by atoms with Gasteiger partial charge in [0.1, 0.15) is 0 Å². The van der Waals surface area contributed by atoms with Gasteiger partial charge in [0.05, 0.1) is 17.8 Å². The number of thiazole rings is 1. The number of hydrogen-bond donors (Lipinski definition) is 1. The molecule has 0 saturated carbocycles. The molecule has 0 aliphatic carbocycles. The van der Waals surface area contributed by atoms with Crippen LogP contribution >= 0.6 is 11.3 Å². The minimum Gasteiger partial charge on any atom is -0.298 e. The summed E-state index contributed by atoms with van der Waals surface area (Å²) in [5, 5.41) is 2.84. The van der Waals surface area contributed by atoms with E-state index in [2.05, 4.69) is 10.3 Å². The highest BCUT2D eigenvalue weighted by Gasteiger charge is 2.31. The number of fused-ring (bicyclic) bond motifs is 1. The second kappa shape index (κ2) is 7.43. The molecule has 2 aromatic rings. The minimum absolute atomic E-state index is 0.0676. The molecule has 0 bridgehead atoms. The Hall–Kier alpha value is -2.02. The first-order chi connectivity index (χ1) is 13.0. The van der Waals surface area contributed by atoms with Crippen molar-refractivity contribution in [1.29, 1.82) is 0 Å². The first-order valence-electron chi connectivity index (χ1n) is 8.13. The van der Waals surface area contributed by atoms with Crippen molar-refractivity contribution in [3.8, 4) is 0 Å². The molecule has 1 amide bonds. The van der Waals surface area contributed by atoms with E-state index in [9.17, 15) is 26.4 Å².